The maximum absolute atomic E-state index is 14.0. The minimum absolute atomic E-state index is 0.0226. The number of halogens is 1. The van der Waals surface area contributed by atoms with Crippen molar-refractivity contribution in [3.8, 4) is 0 Å². The Morgan fingerprint density at radius 3 is 2.46 bits per heavy atom. The van der Waals surface area contributed by atoms with E-state index in [1.54, 1.807) is 31.2 Å². The summed E-state index contributed by atoms with van der Waals surface area (Å²) in [7, 11) is -4.25. The molecule has 4 aliphatic carbocycles. The molecule has 222 valence electrons. The summed E-state index contributed by atoms with van der Waals surface area (Å²) < 4.78 is 37.0. The van der Waals surface area contributed by atoms with Crippen LogP contribution in [0.2, 0.25) is 0 Å². The number of esters is 1. The van der Waals surface area contributed by atoms with E-state index in [-0.39, 0.29) is 41.8 Å². The van der Waals surface area contributed by atoms with E-state index >= 15 is 0 Å². The average molecular weight is 605 g/mol. The highest BCUT2D eigenvalue weighted by Crippen LogP contribution is 2.71. The van der Waals surface area contributed by atoms with Crippen LogP contribution in [0.4, 0.5) is 0 Å². The molecular weight excluding hydrogens is 568 g/mol. The normalized spacial score (nSPS) is 38.0. The first-order valence-electron chi connectivity index (χ1n) is 14.2. The molecule has 0 aliphatic heterocycles. The number of allylic oxidation sites excluding steroid dienone is 4. The van der Waals surface area contributed by atoms with Crippen molar-refractivity contribution in [2.75, 3.05) is 6.61 Å². The van der Waals surface area contributed by atoms with Crippen molar-refractivity contribution in [3.63, 3.8) is 0 Å². The van der Waals surface area contributed by atoms with Gasteiger partial charge in [-0.15, -0.1) is 11.6 Å². The third kappa shape index (κ3) is 4.37. The molecule has 0 unspecified atom stereocenters. The van der Waals surface area contributed by atoms with E-state index in [2.05, 4.69) is 0 Å². The molecule has 0 heterocycles. The number of Topliss-reactive ketones (excluding diaryl/α,β-unsaturated/α-hetero) is 1. The quantitative estimate of drug-likeness (QED) is 0.272. The molecule has 5 rings (SSSR count). The minimum atomic E-state index is -4.25. The first-order chi connectivity index (χ1) is 19.1. The molecule has 0 radical (unpaired) electrons. The predicted octanol–water partition coefficient (Wildman–Crippen LogP) is 4.60. The highest BCUT2D eigenvalue weighted by atomic mass is 35.5. The van der Waals surface area contributed by atoms with Crippen molar-refractivity contribution >= 4 is 39.3 Å². The molecule has 3 saturated carbocycles. The summed E-state index contributed by atoms with van der Waals surface area (Å²) in [6.07, 6.45) is 5.72. The second-order valence-electron chi connectivity index (χ2n) is 12.4. The summed E-state index contributed by atoms with van der Waals surface area (Å²) in [6.45, 7) is 6.43. The number of carbonyl (C=O) groups is 3. The molecule has 0 bridgehead atoms. The van der Waals surface area contributed by atoms with Crippen molar-refractivity contribution in [1.82, 2.24) is 0 Å². The molecule has 0 saturated heterocycles. The molecule has 1 aromatic rings. The molecule has 3 fully saturated rings. The Labute approximate surface area is 246 Å². The Morgan fingerprint density at radius 2 is 1.80 bits per heavy atom. The fourth-order valence-corrected chi connectivity index (χ4v) is 9.56. The molecule has 0 spiro atoms. The highest BCUT2D eigenvalue weighted by Gasteiger charge is 2.74. The Kier molecular flexibility index (Phi) is 7.46. The van der Waals surface area contributed by atoms with Crippen LogP contribution in [0.3, 0.4) is 0 Å². The lowest BCUT2D eigenvalue weighted by Gasteiger charge is -2.64. The van der Waals surface area contributed by atoms with Gasteiger partial charge in [0.05, 0.1) is 15.9 Å². The van der Waals surface area contributed by atoms with Crippen LogP contribution in [-0.4, -0.2) is 54.2 Å². The van der Waals surface area contributed by atoms with E-state index in [0.717, 1.165) is 11.1 Å². The van der Waals surface area contributed by atoms with Gasteiger partial charge in [-0.05, 0) is 75.1 Å². The first kappa shape index (κ1) is 30.1. The minimum Gasteiger partial charge on any atom is -0.450 e. The van der Waals surface area contributed by atoms with Gasteiger partial charge >= 0.3 is 5.97 Å². The van der Waals surface area contributed by atoms with Crippen LogP contribution in [0, 0.1) is 29.6 Å². The number of hydrogen-bond acceptors (Lipinski definition) is 8. The maximum atomic E-state index is 14.0. The van der Waals surface area contributed by atoms with Crippen molar-refractivity contribution < 1.29 is 36.8 Å². The van der Waals surface area contributed by atoms with Gasteiger partial charge in [0, 0.05) is 17.3 Å². The predicted molar refractivity (Wildman–Crippen MR) is 152 cm³/mol. The fraction of sp³-hybridized carbons (Fsp3) is 0.581. The molecule has 41 heavy (non-hydrogen) atoms. The van der Waals surface area contributed by atoms with Gasteiger partial charge in [-0.25, -0.2) is 0 Å². The molecular formula is C31H37ClO8S. The van der Waals surface area contributed by atoms with Crippen LogP contribution in [0.15, 0.2) is 53.0 Å². The van der Waals surface area contributed by atoms with Crippen LogP contribution in [0.25, 0.3) is 0 Å². The zero-order valence-corrected chi connectivity index (χ0v) is 25.4. The number of benzene rings is 1. The second kappa shape index (κ2) is 10.1. The van der Waals surface area contributed by atoms with E-state index in [9.17, 15) is 27.9 Å². The summed E-state index contributed by atoms with van der Waals surface area (Å²) in [5.74, 6) is -1.82. The number of aliphatic hydroxyl groups excluding tert-OH is 1. The van der Waals surface area contributed by atoms with E-state index in [1.807, 2.05) is 20.8 Å². The van der Waals surface area contributed by atoms with Crippen LogP contribution >= 0.6 is 11.6 Å². The van der Waals surface area contributed by atoms with Gasteiger partial charge in [0.2, 0.25) is 5.78 Å². The number of aryl methyl sites for hydroxylation is 1. The third-order valence-corrected chi connectivity index (χ3v) is 12.6. The lowest BCUT2D eigenvalue weighted by molar-refractivity contribution is -0.196. The van der Waals surface area contributed by atoms with Gasteiger partial charge in [-0.3, -0.25) is 18.6 Å². The van der Waals surface area contributed by atoms with Gasteiger partial charge in [0.25, 0.3) is 10.1 Å². The number of ether oxygens (including phenoxy) is 1. The van der Waals surface area contributed by atoms with Crippen molar-refractivity contribution in [2.24, 2.45) is 22.7 Å². The van der Waals surface area contributed by atoms with Crippen LogP contribution in [0.5, 0.6) is 0 Å². The summed E-state index contributed by atoms with van der Waals surface area (Å²) >= 11 is 7.47. The lowest BCUT2D eigenvalue weighted by atomic mass is 9.45. The standard InChI is InChI=1S/C31H37ClO8S/c1-5-27(36)40-30(26(35)18-39-41(37,38)22-9-6-19(2)7-10-22)15-13-23-24-11-8-20-16-21(33)12-14-28(20,3)31(24,32)25(34)17-29(23,30)4/h6-7,9-10,12,14,16,23-25,34H,5,8,11,13,15,17-18H2,1-4H3/t23-,24-,25-,28-,29-,30-,31-/m0/s1. The molecule has 1 aromatic carbocycles. The summed E-state index contributed by atoms with van der Waals surface area (Å²) in [5.41, 5.74) is -1.74. The molecule has 0 aromatic heterocycles. The van der Waals surface area contributed by atoms with Gasteiger partial charge in [-0.2, -0.15) is 8.42 Å². The highest BCUT2D eigenvalue weighted by molar-refractivity contribution is 7.86. The summed E-state index contributed by atoms with van der Waals surface area (Å²) in [5, 5.41) is 11.8. The molecule has 10 heteroatoms. The van der Waals surface area contributed by atoms with E-state index < -0.39 is 55.9 Å². The number of aliphatic hydroxyl groups is 1. The number of carbonyl (C=O) groups excluding carboxylic acids is 3. The van der Waals surface area contributed by atoms with Gasteiger partial charge in [-0.1, -0.05) is 50.1 Å². The number of fused-ring (bicyclic) bond motifs is 5. The van der Waals surface area contributed by atoms with Gasteiger partial charge in [0.1, 0.15) is 6.61 Å². The molecule has 8 nitrogen and oxygen atoms in total. The Balaban J connectivity index is 1.50. The van der Waals surface area contributed by atoms with Crippen LogP contribution in [-0.2, 0) is 33.4 Å². The molecule has 4 aliphatic rings. The van der Waals surface area contributed by atoms with Crippen molar-refractivity contribution in [2.45, 2.75) is 87.7 Å². The number of hydrogen-bond donors (Lipinski definition) is 1. The van der Waals surface area contributed by atoms with E-state index in [1.165, 1.54) is 18.2 Å². The van der Waals surface area contributed by atoms with E-state index in [4.69, 9.17) is 20.5 Å². The number of rotatable bonds is 7. The smallest absolute Gasteiger partial charge is 0.306 e. The zero-order chi connectivity index (χ0) is 30.0. The first-order valence-corrected chi connectivity index (χ1v) is 16.0. The Bertz CT molecular complexity index is 1450. The zero-order valence-electron chi connectivity index (χ0n) is 23.8. The SMILES string of the molecule is CCC(=O)O[C@]1(C(=O)COS(=O)(=O)c2ccc(C)cc2)CC[C@H]2[C@@H]3CCC4=CC(=O)C=C[C@]4(C)[C@@]3(Cl)[C@@H](O)C[C@@]21C. The summed E-state index contributed by atoms with van der Waals surface area (Å²) in [6, 6.07) is 6.09. The summed E-state index contributed by atoms with van der Waals surface area (Å²) in [4.78, 5) is 37.8. The van der Waals surface area contributed by atoms with Crippen molar-refractivity contribution in [1.29, 1.82) is 0 Å². The maximum Gasteiger partial charge on any atom is 0.306 e. The second-order valence-corrected chi connectivity index (χ2v) is 14.7. The van der Waals surface area contributed by atoms with Gasteiger partial charge in [0.15, 0.2) is 11.4 Å². The topological polar surface area (TPSA) is 124 Å². The lowest BCUT2D eigenvalue weighted by Crippen LogP contribution is -2.69. The molecule has 7 atom stereocenters. The van der Waals surface area contributed by atoms with Crippen LogP contribution < -0.4 is 0 Å². The number of alkyl halides is 1. The fourth-order valence-electron chi connectivity index (χ4n) is 8.17. The number of ketones is 2. The molecule has 1 N–H and O–H groups in total. The van der Waals surface area contributed by atoms with E-state index in [0.29, 0.717) is 19.3 Å². The average Bonchev–Trinajstić information content (AvgIpc) is 3.21. The third-order valence-electron chi connectivity index (χ3n) is 10.4. The van der Waals surface area contributed by atoms with Crippen LogP contribution in [0.1, 0.15) is 64.9 Å². The monoisotopic (exact) mass is 604 g/mol. The largest absolute Gasteiger partial charge is 0.450 e. The Hall–Kier alpha value is -2.33. The van der Waals surface area contributed by atoms with Gasteiger partial charge < -0.3 is 9.84 Å². The van der Waals surface area contributed by atoms with Crippen molar-refractivity contribution in [3.05, 3.63) is 53.6 Å². The molecule has 0 amide bonds. The Morgan fingerprint density at radius 1 is 1.12 bits per heavy atom.